The lowest BCUT2D eigenvalue weighted by Crippen LogP contribution is -2.00. The van der Waals surface area contributed by atoms with Crippen molar-refractivity contribution in [2.75, 3.05) is 6.61 Å². The molecule has 0 aliphatic heterocycles. The van der Waals surface area contributed by atoms with E-state index in [4.69, 9.17) is 4.74 Å². The van der Waals surface area contributed by atoms with Crippen molar-refractivity contribution in [3.05, 3.63) is 34.3 Å². The van der Waals surface area contributed by atoms with Gasteiger partial charge in [-0.15, -0.1) is 0 Å². The van der Waals surface area contributed by atoms with Gasteiger partial charge in [0.15, 0.2) is 0 Å². The molecular weight excluding hydrogens is 244 g/mol. The molecule has 0 spiro atoms. The van der Waals surface area contributed by atoms with Gasteiger partial charge in [0.05, 0.1) is 13.2 Å². The minimum absolute atomic E-state index is 0.164. The molecule has 76 valence electrons. The zero-order chi connectivity index (χ0) is 10.4. The predicted molar refractivity (Wildman–Crippen MR) is 59.1 cm³/mol. The Labute approximate surface area is 92.4 Å². The molecular formula is C11H13BrO2. The molecule has 1 aromatic carbocycles. The summed E-state index contributed by atoms with van der Waals surface area (Å²) < 4.78 is 6.40. The standard InChI is InChI=1S/C11H13BrO2/c1-9(13)6-7-14-8-10-4-2-3-5-11(10)12/h2-5H,6-8H2,1H3. The average molecular weight is 257 g/mol. The van der Waals surface area contributed by atoms with Crippen LogP contribution in [0.4, 0.5) is 0 Å². The average Bonchev–Trinajstić information content (AvgIpc) is 2.15. The highest BCUT2D eigenvalue weighted by atomic mass is 79.9. The molecule has 0 radical (unpaired) electrons. The lowest BCUT2D eigenvalue weighted by molar-refractivity contribution is -0.118. The summed E-state index contributed by atoms with van der Waals surface area (Å²) in [5, 5.41) is 0. The molecule has 14 heavy (non-hydrogen) atoms. The normalized spacial score (nSPS) is 10.1. The third-order valence-electron chi connectivity index (χ3n) is 1.81. The number of carbonyl (C=O) groups is 1. The molecule has 0 N–H and O–H groups in total. The quantitative estimate of drug-likeness (QED) is 0.758. The van der Waals surface area contributed by atoms with E-state index in [-0.39, 0.29) is 5.78 Å². The molecule has 0 bridgehead atoms. The maximum absolute atomic E-state index is 10.6. The molecule has 0 heterocycles. The SMILES string of the molecule is CC(=O)CCOCc1ccccc1Br. The van der Waals surface area contributed by atoms with Crippen LogP contribution in [0.3, 0.4) is 0 Å². The van der Waals surface area contributed by atoms with Gasteiger partial charge in [-0.2, -0.15) is 0 Å². The fourth-order valence-electron chi connectivity index (χ4n) is 1.01. The van der Waals surface area contributed by atoms with Gasteiger partial charge in [0.25, 0.3) is 0 Å². The van der Waals surface area contributed by atoms with E-state index < -0.39 is 0 Å². The van der Waals surface area contributed by atoms with Crippen molar-refractivity contribution in [2.24, 2.45) is 0 Å². The van der Waals surface area contributed by atoms with Gasteiger partial charge in [-0.25, -0.2) is 0 Å². The number of hydrogen-bond donors (Lipinski definition) is 0. The smallest absolute Gasteiger partial charge is 0.132 e. The summed E-state index contributed by atoms with van der Waals surface area (Å²) in [6.07, 6.45) is 0.491. The molecule has 0 aromatic heterocycles. The molecule has 0 saturated carbocycles. The van der Waals surface area contributed by atoms with Crippen LogP contribution in [0, 0.1) is 0 Å². The highest BCUT2D eigenvalue weighted by Crippen LogP contribution is 2.16. The molecule has 2 nitrogen and oxygen atoms in total. The van der Waals surface area contributed by atoms with Gasteiger partial charge in [0.1, 0.15) is 5.78 Å². The van der Waals surface area contributed by atoms with Crippen LogP contribution in [-0.4, -0.2) is 12.4 Å². The summed E-state index contributed by atoms with van der Waals surface area (Å²) in [5.74, 6) is 0.164. The Bertz CT molecular complexity index is 310. The molecule has 1 aromatic rings. The van der Waals surface area contributed by atoms with Crippen LogP contribution in [0.5, 0.6) is 0 Å². The van der Waals surface area contributed by atoms with Gasteiger partial charge in [0, 0.05) is 10.9 Å². The lowest BCUT2D eigenvalue weighted by Gasteiger charge is -2.04. The number of Topliss-reactive ketones (excluding diaryl/α,β-unsaturated/α-hetero) is 1. The Hall–Kier alpha value is -0.670. The minimum Gasteiger partial charge on any atom is -0.376 e. The molecule has 0 atom stereocenters. The van der Waals surface area contributed by atoms with Crippen LogP contribution in [0.1, 0.15) is 18.9 Å². The summed E-state index contributed by atoms with van der Waals surface area (Å²) >= 11 is 3.43. The number of rotatable bonds is 5. The first-order chi connectivity index (χ1) is 6.70. The van der Waals surface area contributed by atoms with E-state index in [1.807, 2.05) is 24.3 Å². The number of ether oxygens (including phenoxy) is 1. The predicted octanol–water partition coefficient (Wildman–Crippen LogP) is 2.94. The molecule has 0 saturated heterocycles. The van der Waals surface area contributed by atoms with Gasteiger partial charge in [0.2, 0.25) is 0 Å². The van der Waals surface area contributed by atoms with Gasteiger partial charge >= 0.3 is 0 Å². The zero-order valence-electron chi connectivity index (χ0n) is 8.13. The largest absolute Gasteiger partial charge is 0.376 e. The summed E-state index contributed by atoms with van der Waals surface area (Å²) in [4.78, 5) is 10.6. The Morgan fingerprint density at radius 3 is 2.79 bits per heavy atom. The second-order valence-electron chi connectivity index (χ2n) is 3.10. The van der Waals surface area contributed by atoms with Crippen molar-refractivity contribution in [1.29, 1.82) is 0 Å². The first-order valence-corrected chi connectivity index (χ1v) is 5.30. The Morgan fingerprint density at radius 1 is 1.43 bits per heavy atom. The summed E-state index contributed by atoms with van der Waals surface area (Å²) in [6.45, 7) is 2.62. The Kier molecular flexibility index (Phi) is 4.84. The number of hydrogen-bond acceptors (Lipinski definition) is 2. The van der Waals surface area contributed by atoms with Gasteiger partial charge in [-0.3, -0.25) is 4.79 Å². The maximum atomic E-state index is 10.6. The van der Waals surface area contributed by atoms with E-state index in [9.17, 15) is 4.79 Å². The lowest BCUT2D eigenvalue weighted by atomic mass is 10.2. The minimum atomic E-state index is 0.164. The summed E-state index contributed by atoms with van der Waals surface area (Å²) in [5.41, 5.74) is 1.11. The third kappa shape index (κ3) is 4.03. The van der Waals surface area contributed by atoms with E-state index in [1.165, 1.54) is 0 Å². The van der Waals surface area contributed by atoms with Crippen LogP contribution < -0.4 is 0 Å². The Balaban J connectivity index is 2.31. The van der Waals surface area contributed by atoms with Crippen LogP contribution >= 0.6 is 15.9 Å². The number of carbonyl (C=O) groups excluding carboxylic acids is 1. The van der Waals surface area contributed by atoms with Crippen LogP contribution in [0.2, 0.25) is 0 Å². The highest BCUT2D eigenvalue weighted by molar-refractivity contribution is 9.10. The molecule has 0 aliphatic rings. The fraction of sp³-hybridized carbons (Fsp3) is 0.364. The summed E-state index contributed by atoms with van der Waals surface area (Å²) in [6, 6.07) is 7.90. The van der Waals surface area contributed by atoms with Gasteiger partial charge < -0.3 is 4.74 Å². The first-order valence-electron chi connectivity index (χ1n) is 4.50. The molecule has 0 amide bonds. The van der Waals surface area contributed by atoms with Crippen molar-refractivity contribution >= 4 is 21.7 Å². The van der Waals surface area contributed by atoms with Crippen molar-refractivity contribution in [3.63, 3.8) is 0 Å². The van der Waals surface area contributed by atoms with Crippen molar-refractivity contribution in [3.8, 4) is 0 Å². The van der Waals surface area contributed by atoms with E-state index in [2.05, 4.69) is 15.9 Å². The van der Waals surface area contributed by atoms with Crippen LogP contribution in [0.15, 0.2) is 28.7 Å². The molecule has 0 aliphatic carbocycles. The molecule has 0 unspecified atom stereocenters. The van der Waals surface area contributed by atoms with Gasteiger partial charge in [-0.05, 0) is 18.6 Å². The zero-order valence-corrected chi connectivity index (χ0v) is 9.71. The second kappa shape index (κ2) is 5.94. The van der Waals surface area contributed by atoms with Crippen LogP contribution in [-0.2, 0) is 16.1 Å². The first kappa shape index (κ1) is 11.4. The monoisotopic (exact) mass is 256 g/mol. The number of benzene rings is 1. The van der Waals surface area contributed by atoms with E-state index >= 15 is 0 Å². The van der Waals surface area contributed by atoms with E-state index in [0.717, 1.165) is 10.0 Å². The van der Waals surface area contributed by atoms with Crippen molar-refractivity contribution < 1.29 is 9.53 Å². The topological polar surface area (TPSA) is 26.3 Å². The highest BCUT2D eigenvalue weighted by Gasteiger charge is 1.98. The Morgan fingerprint density at radius 2 is 2.14 bits per heavy atom. The number of ketones is 1. The van der Waals surface area contributed by atoms with Crippen molar-refractivity contribution in [2.45, 2.75) is 20.0 Å². The number of halogens is 1. The molecule has 0 fully saturated rings. The van der Waals surface area contributed by atoms with Crippen molar-refractivity contribution in [1.82, 2.24) is 0 Å². The van der Waals surface area contributed by atoms with E-state index in [1.54, 1.807) is 6.92 Å². The van der Waals surface area contributed by atoms with E-state index in [0.29, 0.717) is 19.6 Å². The molecule has 1 rings (SSSR count). The fourth-order valence-corrected chi connectivity index (χ4v) is 1.41. The van der Waals surface area contributed by atoms with Crippen LogP contribution in [0.25, 0.3) is 0 Å². The van der Waals surface area contributed by atoms with Gasteiger partial charge in [-0.1, -0.05) is 34.1 Å². The second-order valence-corrected chi connectivity index (χ2v) is 3.95. The third-order valence-corrected chi connectivity index (χ3v) is 2.59. The summed E-state index contributed by atoms with van der Waals surface area (Å²) in [7, 11) is 0. The molecule has 3 heteroatoms. The maximum Gasteiger partial charge on any atom is 0.132 e.